The fourth-order valence-corrected chi connectivity index (χ4v) is 1.52. The van der Waals surface area contributed by atoms with Crippen molar-refractivity contribution in [2.24, 2.45) is 10.9 Å². The predicted molar refractivity (Wildman–Crippen MR) is 55.1 cm³/mol. The molecule has 0 amide bonds. The second kappa shape index (κ2) is 5.70. The smallest absolute Gasteiger partial charge is 0.328 e. The Morgan fingerprint density at radius 3 is 2.60 bits per heavy atom. The molecule has 1 aliphatic rings. The van der Waals surface area contributed by atoms with Crippen molar-refractivity contribution >= 4 is 11.9 Å². The van der Waals surface area contributed by atoms with Crippen LogP contribution in [0.3, 0.4) is 0 Å². The molecule has 0 bridgehead atoms. The van der Waals surface area contributed by atoms with E-state index >= 15 is 0 Å². The van der Waals surface area contributed by atoms with Gasteiger partial charge in [-0.05, 0) is 19.8 Å². The number of aliphatic carboxylic acids is 1. The Morgan fingerprint density at radius 2 is 2.13 bits per heavy atom. The van der Waals surface area contributed by atoms with Gasteiger partial charge in [-0.1, -0.05) is 0 Å². The lowest BCUT2D eigenvalue weighted by atomic mass is 10.00. The number of carbonyl (C=O) groups is 1. The van der Waals surface area contributed by atoms with Gasteiger partial charge in [-0.15, -0.1) is 0 Å². The van der Waals surface area contributed by atoms with Crippen molar-refractivity contribution in [1.29, 1.82) is 0 Å². The normalized spacial score (nSPS) is 21.1. The molecule has 1 rings (SSSR count). The van der Waals surface area contributed by atoms with Gasteiger partial charge in [0.15, 0.2) is 5.90 Å². The minimum absolute atomic E-state index is 0.200. The van der Waals surface area contributed by atoms with E-state index in [1.165, 1.54) is 7.11 Å². The summed E-state index contributed by atoms with van der Waals surface area (Å²) in [6.07, 6.45) is 1.69. The number of hydrogen-bond donors (Lipinski definition) is 1. The first-order valence-corrected chi connectivity index (χ1v) is 5.07. The summed E-state index contributed by atoms with van der Waals surface area (Å²) in [6.45, 7) is 2.92. The summed E-state index contributed by atoms with van der Waals surface area (Å²) in [4.78, 5) is 14.7. The first-order valence-electron chi connectivity index (χ1n) is 5.07. The molecule has 1 atom stereocenters. The lowest BCUT2D eigenvalue weighted by Gasteiger charge is -2.23. The van der Waals surface area contributed by atoms with Gasteiger partial charge in [0.25, 0.3) is 0 Å². The quantitative estimate of drug-likeness (QED) is 0.561. The third-order valence-corrected chi connectivity index (χ3v) is 2.46. The molecule has 0 saturated carbocycles. The molecular formula is C10H17NO4. The zero-order valence-corrected chi connectivity index (χ0v) is 9.10. The van der Waals surface area contributed by atoms with E-state index in [0.29, 0.717) is 19.1 Å². The minimum atomic E-state index is -0.934. The second-order valence-electron chi connectivity index (χ2n) is 3.57. The number of ether oxygens (including phenoxy) is 2. The summed E-state index contributed by atoms with van der Waals surface area (Å²) in [5, 5.41) is 8.74. The number of methoxy groups -OCH3 is 1. The number of nitrogens with zero attached hydrogens (tertiary/aromatic N) is 1. The van der Waals surface area contributed by atoms with Crippen LogP contribution in [-0.2, 0) is 14.3 Å². The lowest BCUT2D eigenvalue weighted by Crippen LogP contribution is -2.27. The molecular weight excluding hydrogens is 198 g/mol. The predicted octanol–water partition coefficient (Wildman–Crippen LogP) is 0.931. The van der Waals surface area contributed by atoms with E-state index in [0.717, 1.165) is 12.8 Å². The molecule has 1 aliphatic heterocycles. The lowest BCUT2D eigenvalue weighted by molar-refractivity contribution is -0.138. The Balaban J connectivity index is 2.64. The maximum absolute atomic E-state index is 10.6. The first-order chi connectivity index (χ1) is 7.15. The number of hydrogen-bond acceptors (Lipinski definition) is 4. The van der Waals surface area contributed by atoms with E-state index in [-0.39, 0.29) is 5.92 Å². The highest BCUT2D eigenvalue weighted by molar-refractivity contribution is 5.83. The van der Waals surface area contributed by atoms with Crippen molar-refractivity contribution in [3.05, 3.63) is 0 Å². The molecule has 1 unspecified atom stereocenters. The van der Waals surface area contributed by atoms with Gasteiger partial charge in [0, 0.05) is 19.1 Å². The van der Waals surface area contributed by atoms with Crippen LogP contribution in [0.5, 0.6) is 0 Å². The zero-order chi connectivity index (χ0) is 11.3. The molecule has 0 radical (unpaired) electrons. The molecule has 15 heavy (non-hydrogen) atoms. The van der Waals surface area contributed by atoms with Gasteiger partial charge in [-0.2, -0.15) is 0 Å². The summed E-state index contributed by atoms with van der Waals surface area (Å²) < 4.78 is 10.4. The van der Waals surface area contributed by atoms with E-state index in [2.05, 4.69) is 4.99 Å². The molecule has 86 valence electrons. The average molecular weight is 215 g/mol. The van der Waals surface area contributed by atoms with E-state index in [1.807, 2.05) is 0 Å². The SMILES string of the molecule is COC(=NC(C)C(=O)O)C1CCOCC1. The number of aliphatic imine (C=N–C) groups is 1. The van der Waals surface area contributed by atoms with Crippen LogP contribution in [0.25, 0.3) is 0 Å². The molecule has 0 aromatic rings. The topological polar surface area (TPSA) is 68.1 Å². The van der Waals surface area contributed by atoms with Gasteiger partial charge < -0.3 is 14.6 Å². The minimum Gasteiger partial charge on any atom is -0.484 e. The van der Waals surface area contributed by atoms with E-state index in [9.17, 15) is 4.79 Å². The number of rotatable bonds is 3. The summed E-state index contributed by atoms with van der Waals surface area (Å²) in [6, 6.07) is -0.747. The van der Waals surface area contributed by atoms with Crippen LogP contribution in [0.2, 0.25) is 0 Å². The van der Waals surface area contributed by atoms with Crippen LogP contribution >= 0.6 is 0 Å². The summed E-state index contributed by atoms with van der Waals surface area (Å²) in [5.74, 6) is -0.199. The highest BCUT2D eigenvalue weighted by atomic mass is 16.5. The van der Waals surface area contributed by atoms with Gasteiger partial charge in [-0.25, -0.2) is 9.79 Å². The average Bonchev–Trinajstić information content (AvgIpc) is 2.26. The largest absolute Gasteiger partial charge is 0.484 e. The fraction of sp³-hybridized carbons (Fsp3) is 0.800. The Morgan fingerprint density at radius 1 is 1.53 bits per heavy atom. The van der Waals surface area contributed by atoms with Crippen LogP contribution in [-0.4, -0.2) is 43.3 Å². The van der Waals surface area contributed by atoms with Gasteiger partial charge in [-0.3, -0.25) is 0 Å². The van der Waals surface area contributed by atoms with Crippen molar-refractivity contribution in [1.82, 2.24) is 0 Å². The standard InChI is InChI=1S/C10H17NO4/c1-7(10(12)13)11-9(14-2)8-3-5-15-6-4-8/h7-8H,3-6H2,1-2H3,(H,12,13). The van der Waals surface area contributed by atoms with E-state index < -0.39 is 12.0 Å². The van der Waals surface area contributed by atoms with Crippen LogP contribution < -0.4 is 0 Å². The van der Waals surface area contributed by atoms with Crippen LogP contribution in [0, 0.1) is 5.92 Å². The van der Waals surface area contributed by atoms with Crippen molar-refractivity contribution in [2.45, 2.75) is 25.8 Å². The summed E-state index contributed by atoms with van der Waals surface area (Å²) in [7, 11) is 1.53. The Kier molecular flexibility index (Phi) is 4.55. The Hall–Kier alpha value is -1.10. The molecule has 0 spiro atoms. The van der Waals surface area contributed by atoms with Crippen molar-refractivity contribution in [2.75, 3.05) is 20.3 Å². The molecule has 0 aromatic heterocycles. The molecule has 5 nitrogen and oxygen atoms in total. The molecule has 5 heteroatoms. The fourth-order valence-electron chi connectivity index (χ4n) is 1.52. The Labute approximate surface area is 89.1 Å². The van der Waals surface area contributed by atoms with Gasteiger partial charge in [0.1, 0.15) is 6.04 Å². The second-order valence-corrected chi connectivity index (χ2v) is 3.57. The third kappa shape index (κ3) is 3.51. The number of carboxylic acid groups (broad SMARTS) is 1. The van der Waals surface area contributed by atoms with Crippen LogP contribution in [0.4, 0.5) is 0 Å². The monoisotopic (exact) mass is 215 g/mol. The maximum Gasteiger partial charge on any atom is 0.328 e. The van der Waals surface area contributed by atoms with Crippen molar-refractivity contribution < 1.29 is 19.4 Å². The van der Waals surface area contributed by atoms with Gasteiger partial charge in [0.2, 0.25) is 0 Å². The highest BCUT2D eigenvalue weighted by Crippen LogP contribution is 2.17. The summed E-state index contributed by atoms with van der Waals surface area (Å²) in [5.41, 5.74) is 0. The third-order valence-electron chi connectivity index (χ3n) is 2.46. The van der Waals surface area contributed by atoms with Crippen LogP contribution in [0.15, 0.2) is 4.99 Å². The molecule has 1 fully saturated rings. The molecule has 1 saturated heterocycles. The number of carboxylic acids is 1. The van der Waals surface area contributed by atoms with Gasteiger partial charge >= 0.3 is 5.97 Å². The van der Waals surface area contributed by atoms with Gasteiger partial charge in [0.05, 0.1) is 7.11 Å². The molecule has 0 aromatic carbocycles. The van der Waals surface area contributed by atoms with Crippen molar-refractivity contribution in [3.63, 3.8) is 0 Å². The Bertz CT molecular complexity index is 246. The highest BCUT2D eigenvalue weighted by Gasteiger charge is 2.22. The summed E-state index contributed by atoms with van der Waals surface area (Å²) >= 11 is 0. The maximum atomic E-state index is 10.6. The molecule has 1 N–H and O–H groups in total. The zero-order valence-electron chi connectivity index (χ0n) is 9.10. The van der Waals surface area contributed by atoms with E-state index in [4.69, 9.17) is 14.6 Å². The van der Waals surface area contributed by atoms with E-state index in [1.54, 1.807) is 6.92 Å². The molecule has 0 aliphatic carbocycles. The van der Waals surface area contributed by atoms with Crippen molar-refractivity contribution in [3.8, 4) is 0 Å². The first kappa shape index (κ1) is 12.0. The molecule has 1 heterocycles. The van der Waals surface area contributed by atoms with Crippen LogP contribution in [0.1, 0.15) is 19.8 Å².